The minimum Gasteiger partial charge on any atom is -0.488 e. The molecule has 1 radical (unpaired) electrons. The number of rotatable bonds is 1. The lowest BCUT2D eigenvalue weighted by Gasteiger charge is -2.35. The highest BCUT2D eigenvalue weighted by molar-refractivity contribution is 5.45. The van der Waals surface area contributed by atoms with Crippen molar-refractivity contribution in [1.29, 1.82) is 0 Å². The van der Waals surface area contributed by atoms with Crippen molar-refractivity contribution in [3.05, 3.63) is 35.7 Å². The van der Waals surface area contributed by atoms with E-state index in [2.05, 4.69) is 50.4 Å². The molecule has 1 aromatic rings. The Bertz CT molecular complexity index is 466. The van der Waals surface area contributed by atoms with E-state index >= 15 is 0 Å². The standard InChI is InChI=1S/C17H24NO/c1-17(2)10-9-13-7-8-14(12-16(13)19-17)15-6-4-5-11-18(15)3/h7-9,12,15H,4-6,10-11H2,1-3H3. The average molecular weight is 258 g/mol. The minimum atomic E-state index is -0.0654. The lowest BCUT2D eigenvalue weighted by molar-refractivity contribution is 0.0981. The SMILES string of the molecule is CN1CCCCC1c1ccc2c(c1)OC(C)(C)C[CH]2. The molecular weight excluding hydrogens is 234 g/mol. The van der Waals surface area contributed by atoms with E-state index in [1.54, 1.807) is 0 Å². The van der Waals surface area contributed by atoms with Crippen LogP contribution in [0.2, 0.25) is 0 Å². The smallest absolute Gasteiger partial charge is 0.123 e. The first kappa shape index (κ1) is 13.0. The van der Waals surface area contributed by atoms with Crippen molar-refractivity contribution in [2.24, 2.45) is 0 Å². The maximum atomic E-state index is 6.14. The highest BCUT2D eigenvalue weighted by Gasteiger charge is 2.28. The molecule has 1 aromatic carbocycles. The second kappa shape index (κ2) is 4.82. The largest absolute Gasteiger partial charge is 0.488 e. The van der Waals surface area contributed by atoms with Gasteiger partial charge in [-0.1, -0.05) is 18.6 Å². The molecule has 0 aromatic heterocycles. The first-order valence-corrected chi connectivity index (χ1v) is 7.42. The van der Waals surface area contributed by atoms with Gasteiger partial charge in [-0.15, -0.1) is 0 Å². The summed E-state index contributed by atoms with van der Waals surface area (Å²) in [5.41, 5.74) is 2.60. The van der Waals surface area contributed by atoms with Gasteiger partial charge in [0.15, 0.2) is 0 Å². The number of likely N-dealkylation sites (tertiary alicyclic amines) is 1. The molecule has 0 amide bonds. The lowest BCUT2D eigenvalue weighted by Crippen LogP contribution is -2.32. The van der Waals surface area contributed by atoms with Crippen LogP contribution in [0.25, 0.3) is 0 Å². The van der Waals surface area contributed by atoms with Crippen LogP contribution in [0.3, 0.4) is 0 Å². The van der Waals surface area contributed by atoms with Crippen molar-refractivity contribution in [2.45, 2.75) is 51.2 Å². The molecule has 0 N–H and O–H groups in total. The Morgan fingerprint density at radius 2 is 2.11 bits per heavy atom. The molecule has 0 saturated carbocycles. The summed E-state index contributed by atoms with van der Waals surface area (Å²) < 4.78 is 6.14. The third-order valence-electron chi connectivity index (χ3n) is 4.39. The van der Waals surface area contributed by atoms with E-state index in [-0.39, 0.29) is 5.60 Å². The molecule has 0 spiro atoms. The fourth-order valence-corrected chi connectivity index (χ4v) is 3.21. The van der Waals surface area contributed by atoms with Crippen molar-refractivity contribution in [2.75, 3.05) is 13.6 Å². The zero-order valence-corrected chi connectivity index (χ0v) is 12.3. The van der Waals surface area contributed by atoms with Crippen molar-refractivity contribution in [3.63, 3.8) is 0 Å². The fourth-order valence-electron chi connectivity index (χ4n) is 3.21. The Hall–Kier alpha value is -1.02. The van der Waals surface area contributed by atoms with Gasteiger partial charge in [-0.2, -0.15) is 0 Å². The van der Waals surface area contributed by atoms with Gasteiger partial charge in [0.25, 0.3) is 0 Å². The van der Waals surface area contributed by atoms with Gasteiger partial charge in [0.1, 0.15) is 11.4 Å². The quantitative estimate of drug-likeness (QED) is 0.756. The van der Waals surface area contributed by atoms with Crippen LogP contribution in [0.1, 0.15) is 56.7 Å². The number of piperidine rings is 1. The first-order valence-electron chi connectivity index (χ1n) is 7.42. The molecule has 2 heterocycles. The Kier molecular flexibility index (Phi) is 3.30. The monoisotopic (exact) mass is 258 g/mol. The van der Waals surface area contributed by atoms with Gasteiger partial charge in [-0.3, -0.25) is 4.90 Å². The second-order valence-electron chi connectivity index (χ2n) is 6.56. The Balaban J connectivity index is 1.88. The van der Waals surface area contributed by atoms with Gasteiger partial charge >= 0.3 is 0 Å². The van der Waals surface area contributed by atoms with E-state index < -0.39 is 0 Å². The van der Waals surface area contributed by atoms with Crippen molar-refractivity contribution >= 4 is 0 Å². The third-order valence-corrected chi connectivity index (χ3v) is 4.39. The number of nitrogens with zero attached hydrogens (tertiary/aromatic N) is 1. The van der Waals surface area contributed by atoms with Gasteiger partial charge in [0.05, 0.1) is 0 Å². The van der Waals surface area contributed by atoms with Crippen LogP contribution in [-0.4, -0.2) is 24.1 Å². The topological polar surface area (TPSA) is 12.5 Å². The van der Waals surface area contributed by atoms with Crippen molar-refractivity contribution in [3.8, 4) is 5.75 Å². The normalized spacial score (nSPS) is 26.6. The molecule has 1 atom stereocenters. The highest BCUT2D eigenvalue weighted by atomic mass is 16.5. The fraction of sp³-hybridized carbons (Fsp3) is 0.588. The number of hydrogen-bond donors (Lipinski definition) is 0. The second-order valence-corrected chi connectivity index (χ2v) is 6.56. The molecule has 2 nitrogen and oxygen atoms in total. The lowest BCUT2D eigenvalue weighted by atomic mass is 9.90. The predicted molar refractivity (Wildman–Crippen MR) is 78.4 cm³/mol. The van der Waals surface area contributed by atoms with Gasteiger partial charge in [-0.25, -0.2) is 0 Å². The molecule has 103 valence electrons. The van der Waals surface area contributed by atoms with Gasteiger partial charge in [0.2, 0.25) is 0 Å². The molecule has 2 heteroatoms. The first-order chi connectivity index (χ1) is 9.05. The van der Waals surface area contributed by atoms with Crippen LogP contribution in [0, 0.1) is 6.42 Å². The van der Waals surface area contributed by atoms with E-state index in [1.165, 1.54) is 36.9 Å². The van der Waals surface area contributed by atoms with Gasteiger partial charge in [0, 0.05) is 6.04 Å². The van der Waals surface area contributed by atoms with Crippen LogP contribution >= 0.6 is 0 Å². The van der Waals surface area contributed by atoms with E-state index in [0.717, 1.165) is 12.2 Å². The van der Waals surface area contributed by atoms with E-state index in [1.807, 2.05) is 0 Å². The van der Waals surface area contributed by atoms with Crippen LogP contribution in [0.15, 0.2) is 18.2 Å². The third kappa shape index (κ3) is 2.64. The molecule has 19 heavy (non-hydrogen) atoms. The summed E-state index contributed by atoms with van der Waals surface area (Å²) in [5, 5.41) is 0. The molecule has 1 unspecified atom stereocenters. The maximum Gasteiger partial charge on any atom is 0.123 e. The van der Waals surface area contributed by atoms with Crippen molar-refractivity contribution in [1.82, 2.24) is 4.90 Å². The van der Waals surface area contributed by atoms with E-state index in [0.29, 0.717) is 6.04 Å². The molecule has 2 aliphatic rings. The zero-order valence-electron chi connectivity index (χ0n) is 12.3. The average Bonchev–Trinajstić information content (AvgIpc) is 2.37. The van der Waals surface area contributed by atoms with Gasteiger partial charge in [-0.05, 0) is 70.3 Å². The summed E-state index contributed by atoms with van der Waals surface area (Å²) in [4.78, 5) is 2.48. The van der Waals surface area contributed by atoms with E-state index in [4.69, 9.17) is 4.74 Å². The summed E-state index contributed by atoms with van der Waals surface area (Å²) in [7, 11) is 2.24. The molecule has 3 rings (SSSR count). The van der Waals surface area contributed by atoms with Crippen LogP contribution < -0.4 is 4.74 Å². The van der Waals surface area contributed by atoms with Crippen LogP contribution in [0.4, 0.5) is 0 Å². The molecule has 2 aliphatic heterocycles. The Morgan fingerprint density at radius 1 is 1.26 bits per heavy atom. The highest BCUT2D eigenvalue weighted by Crippen LogP contribution is 2.38. The number of hydrogen-bond acceptors (Lipinski definition) is 2. The molecule has 1 fully saturated rings. The van der Waals surface area contributed by atoms with Crippen molar-refractivity contribution < 1.29 is 4.74 Å². The zero-order chi connectivity index (χ0) is 13.5. The summed E-state index contributed by atoms with van der Waals surface area (Å²) >= 11 is 0. The van der Waals surface area contributed by atoms with Crippen LogP contribution in [0.5, 0.6) is 5.75 Å². The number of fused-ring (bicyclic) bond motifs is 1. The number of benzene rings is 1. The predicted octanol–water partition coefficient (Wildman–Crippen LogP) is 3.96. The summed E-state index contributed by atoms with van der Waals surface area (Å²) in [5.74, 6) is 1.06. The van der Waals surface area contributed by atoms with E-state index in [9.17, 15) is 0 Å². The summed E-state index contributed by atoms with van der Waals surface area (Å²) in [6, 6.07) is 7.33. The summed E-state index contributed by atoms with van der Waals surface area (Å²) in [6.07, 6.45) is 7.22. The molecule has 0 bridgehead atoms. The molecular formula is C17H24NO. The molecule has 1 saturated heterocycles. The minimum absolute atomic E-state index is 0.0654. The summed E-state index contributed by atoms with van der Waals surface area (Å²) in [6.45, 7) is 5.53. The Labute approximate surface area is 116 Å². The maximum absolute atomic E-state index is 6.14. The van der Waals surface area contributed by atoms with Crippen LogP contribution in [-0.2, 0) is 0 Å². The number of ether oxygens (including phenoxy) is 1. The van der Waals surface area contributed by atoms with Gasteiger partial charge < -0.3 is 4.74 Å². The Morgan fingerprint density at radius 3 is 2.89 bits per heavy atom. The molecule has 0 aliphatic carbocycles.